The monoisotopic (exact) mass is 295 g/mol. The van der Waals surface area contributed by atoms with E-state index < -0.39 is 0 Å². The summed E-state index contributed by atoms with van der Waals surface area (Å²) < 4.78 is 0. The van der Waals surface area contributed by atoms with E-state index in [2.05, 4.69) is 4.98 Å². The van der Waals surface area contributed by atoms with Crippen molar-refractivity contribution in [3.63, 3.8) is 0 Å². The topological polar surface area (TPSA) is 57.1 Å². The van der Waals surface area contributed by atoms with Gasteiger partial charge in [0.2, 0.25) is 5.91 Å². The van der Waals surface area contributed by atoms with Crippen LogP contribution in [0.2, 0.25) is 0 Å². The van der Waals surface area contributed by atoms with Gasteiger partial charge in [-0.15, -0.1) is 17.0 Å². The van der Waals surface area contributed by atoms with E-state index in [0.717, 1.165) is 11.3 Å². The molecule has 0 unspecified atom stereocenters. The first kappa shape index (κ1) is 12.2. The Labute approximate surface area is 110 Å². The second-order valence-electron chi connectivity index (χ2n) is 4.47. The maximum atomic E-state index is 11.3. The molecule has 4 nitrogen and oxygen atoms in total. The summed E-state index contributed by atoms with van der Waals surface area (Å²) in [7, 11) is 0. The number of hydrogen-bond donors (Lipinski definition) is 1. The molecule has 1 aromatic heterocycles. The third-order valence-electron chi connectivity index (χ3n) is 3.20. The third kappa shape index (κ3) is 1.99. The Kier molecular flexibility index (Phi) is 3.03. The van der Waals surface area contributed by atoms with Crippen molar-refractivity contribution in [1.29, 1.82) is 5.41 Å². The smallest absolute Gasteiger partial charge is 0.225 e. The lowest BCUT2D eigenvalue weighted by atomic mass is 10.1. The first-order valence-corrected chi connectivity index (χ1v) is 5.53. The van der Waals surface area contributed by atoms with Crippen molar-refractivity contribution >= 4 is 28.7 Å². The van der Waals surface area contributed by atoms with Crippen LogP contribution in [-0.2, 0) is 11.3 Å². The van der Waals surface area contributed by atoms with Crippen molar-refractivity contribution in [2.24, 2.45) is 0 Å². The van der Waals surface area contributed by atoms with Crippen LogP contribution in [0, 0.1) is 5.41 Å². The molecule has 1 aromatic rings. The molecule has 17 heavy (non-hydrogen) atoms. The first-order valence-electron chi connectivity index (χ1n) is 5.53. The fraction of sp³-hybridized carbons (Fsp3) is 0.417. The highest BCUT2D eigenvalue weighted by Gasteiger charge is 2.31. The van der Waals surface area contributed by atoms with Gasteiger partial charge in [-0.1, -0.05) is 6.07 Å². The number of halogens is 1. The van der Waals surface area contributed by atoms with Crippen LogP contribution in [0.25, 0.3) is 0 Å². The highest BCUT2D eigenvalue weighted by atomic mass is 79.9. The molecule has 1 amide bonds. The molecule has 0 spiro atoms. The second kappa shape index (κ2) is 4.22. The van der Waals surface area contributed by atoms with E-state index in [-0.39, 0.29) is 28.7 Å². The molecule has 1 aliphatic carbocycles. The molecule has 0 bridgehead atoms. The van der Waals surface area contributed by atoms with Crippen molar-refractivity contribution < 1.29 is 4.79 Å². The maximum absolute atomic E-state index is 11.3. The molecular formula is C12H14BrN3O. The molecule has 2 aliphatic rings. The zero-order chi connectivity index (χ0) is 11.3. The molecule has 0 saturated heterocycles. The minimum atomic E-state index is -0.0871. The van der Waals surface area contributed by atoms with Gasteiger partial charge >= 0.3 is 0 Å². The number of hydrogen-bond acceptors (Lipinski definition) is 3. The number of carbonyl (C=O) groups excluding carboxylic acids is 1. The minimum Gasteiger partial charge on any atom is -0.291 e. The van der Waals surface area contributed by atoms with E-state index in [1.807, 2.05) is 12.1 Å². The van der Waals surface area contributed by atoms with Crippen molar-refractivity contribution in [3.05, 3.63) is 29.1 Å². The number of carbonyl (C=O) groups is 1. The molecular weight excluding hydrogens is 282 g/mol. The Morgan fingerprint density at radius 2 is 2.18 bits per heavy atom. The number of nitrogens with one attached hydrogen (secondary N) is 1. The number of nitrogens with zero attached hydrogens (tertiary/aromatic N) is 2. The van der Waals surface area contributed by atoms with E-state index in [0.29, 0.717) is 18.2 Å². The van der Waals surface area contributed by atoms with Crippen molar-refractivity contribution in [2.45, 2.75) is 32.2 Å². The Morgan fingerprint density at radius 3 is 2.76 bits per heavy atom. The van der Waals surface area contributed by atoms with Crippen LogP contribution in [0.3, 0.4) is 0 Å². The summed E-state index contributed by atoms with van der Waals surface area (Å²) in [5.41, 5.74) is 2.76. The van der Waals surface area contributed by atoms with Gasteiger partial charge in [-0.05, 0) is 18.9 Å². The summed E-state index contributed by atoms with van der Waals surface area (Å²) in [5, 5.41) is 7.92. The zero-order valence-corrected chi connectivity index (χ0v) is 11.3. The lowest BCUT2D eigenvalue weighted by Crippen LogP contribution is -2.28. The summed E-state index contributed by atoms with van der Waals surface area (Å²) >= 11 is 0. The van der Waals surface area contributed by atoms with Crippen LogP contribution in [-0.4, -0.2) is 21.6 Å². The fourth-order valence-corrected chi connectivity index (χ4v) is 2.09. The quantitative estimate of drug-likeness (QED) is 0.864. The van der Waals surface area contributed by atoms with E-state index in [1.54, 1.807) is 0 Å². The summed E-state index contributed by atoms with van der Waals surface area (Å²) in [6, 6.07) is 4.04. The molecule has 1 aliphatic heterocycles. The van der Waals surface area contributed by atoms with Crippen LogP contribution in [0.1, 0.15) is 42.6 Å². The Balaban J connectivity index is 0.00000108. The fourth-order valence-electron chi connectivity index (χ4n) is 2.09. The largest absolute Gasteiger partial charge is 0.291 e. The van der Waals surface area contributed by atoms with Crippen molar-refractivity contribution in [3.8, 4) is 0 Å². The van der Waals surface area contributed by atoms with Gasteiger partial charge < -0.3 is 0 Å². The molecule has 5 heteroatoms. The number of amides is 1. The number of rotatable bonds is 1. The van der Waals surface area contributed by atoms with Gasteiger partial charge in [0.15, 0.2) is 5.84 Å². The molecule has 0 atom stereocenters. The van der Waals surface area contributed by atoms with Gasteiger partial charge in [0.25, 0.3) is 0 Å². The Hall–Kier alpha value is -1.23. The molecule has 3 rings (SSSR count). The van der Waals surface area contributed by atoms with Crippen molar-refractivity contribution in [1.82, 2.24) is 9.88 Å². The van der Waals surface area contributed by atoms with Gasteiger partial charge in [-0.2, -0.15) is 0 Å². The van der Waals surface area contributed by atoms with E-state index in [9.17, 15) is 4.79 Å². The second-order valence-corrected chi connectivity index (χ2v) is 4.47. The third-order valence-corrected chi connectivity index (χ3v) is 3.20. The zero-order valence-electron chi connectivity index (χ0n) is 9.56. The van der Waals surface area contributed by atoms with Gasteiger partial charge in [-0.25, -0.2) is 4.98 Å². The number of pyridine rings is 1. The van der Waals surface area contributed by atoms with Crippen LogP contribution in [0.4, 0.5) is 0 Å². The molecule has 1 N–H and O–H groups in total. The molecule has 0 aromatic carbocycles. The van der Waals surface area contributed by atoms with E-state index >= 15 is 0 Å². The summed E-state index contributed by atoms with van der Waals surface area (Å²) in [6.45, 7) is 1.99. The molecule has 1 saturated carbocycles. The van der Waals surface area contributed by atoms with Crippen LogP contribution in [0.15, 0.2) is 12.1 Å². The Morgan fingerprint density at radius 1 is 1.47 bits per heavy atom. The van der Waals surface area contributed by atoms with Crippen LogP contribution >= 0.6 is 17.0 Å². The standard InChI is InChI=1S/C12H13N3O.BrH/c1-7(16)15-6-9-4-5-10(8-2-3-8)14-11(9)12(15)13;/h4-5,8,13H,2-3,6H2,1H3;1H. The van der Waals surface area contributed by atoms with Crippen LogP contribution in [0.5, 0.6) is 0 Å². The lowest BCUT2D eigenvalue weighted by molar-refractivity contribution is -0.125. The van der Waals surface area contributed by atoms with Gasteiger partial charge in [0, 0.05) is 24.1 Å². The maximum Gasteiger partial charge on any atom is 0.225 e. The van der Waals surface area contributed by atoms with Gasteiger partial charge in [-0.3, -0.25) is 15.1 Å². The number of aromatic nitrogens is 1. The normalized spacial score (nSPS) is 17.7. The Bertz CT molecular complexity index is 497. The van der Waals surface area contributed by atoms with E-state index in [1.165, 1.54) is 24.7 Å². The van der Waals surface area contributed by atoms with Gasteiger partial charge in [0.05, 0.1) is 6.54 Å². The number of fused-ring (bicyclic) bond motifs is 1. The molecule has 2 heterocycles. The predicted molar refractivity (Wildman–Crippen MR) is 69.6 cm³/mol. The number of amidine groups is 1. The first-order chi connectivity index (χ1) is 7.66. The van der Waals surface area contributed by atoms with Crippen LogP contribution < -0.4 is 0 Å². The van der Waals surface area contributed by atoms with E-state index in [4.69, 9.17) is 5.41 Å². The summed E-state index contributed by atoms with van der Waals surface area (Å²) in [4.78, 5) is 17.3. The summed E-state index contributed by atoms with van der Waals surface area (Å²) in [5.74, 6) is 0.755. The van der Waals surface area contributed by atoms with Crippen molar-refractivity contribution in [2.75, 3.05) is 0 Å². The average molecular weight is 296 g/mol. The average Bonchev–Trinajstić information content (AvgIpc) is 3.04. The minimum absolute atomic E-state index is 0. The molecule has 1 fully saturated rings. The highest BCUT2D eigenvalue weighted by molar-refractivity contribution is 8.93. The predicted octanol–water partition coefficient (Wildman–Crippen LogP) is 2.22. The molecule has 0 radical (unpaired) electrons. The molecule has 90 valence electrons. The van der Waals surface area contributed by atoms with Gasteiger partial charge in [0.1, 0.15) is 5.69 Å². The SMILES string of the molecule is Br.CC(=O)N1Cc2ccc(C3CC3)nc2C1=N. The summed E-state index contributed by atoms with van der Waals surface area (Å²) in [6.07, 6.45) is 2.41. The highest BCUT2D eigenvalue weighted by Crippen LogP contribution is 2.39. The lowest BCUT2D eigenvalue weighted by Gasteiger charge is -2.11.